The van der Waals surface area contributed by atoms with Gasteiger partial charge in [-0.1, -0.05) is 45.4 Å². The quantitative estimate of drug-likeness (QED) is 0.282. The van der Waals surface area contributed by atoms with E-state index < -0.39 is 11.9 Å². The lowest BCUT2D eigenvalue weighted by molar-refractivity contribution is -0.144. The molecule has 1 aromatic carbocycles. The van der Waals surface area contributed by atoms with E-state index >= 15 is 0 Å². The zero-order chi connectivity index (χ0) is 27.0. The zero-order valence-corrected chi connectivity index (χ0v) is 22.9. The highest BCUT2D eigenvalue weighted by molar-refractivity contribution is 5.79. The van der Waals surface area contributed by atoms with Crippen molar-refractivity contribution in [2.45, 2.75) is 71.8 Å². The van der Waals surface area contributed by atoms with Crippen LogP contribution in [0.2, 0.25) is 0 Å². The molecule has 3 rings (SSSR count). The Bertz CT molecular complexity index is 947. The standard InChI is InChI=1S/C29H45N3O5/c1-5-7-14-31(15-9-8-13-30)26(33)19-32-18-22(21-10-11-24-25(16-21)37-20-36-24)27(28(34)35)23(32)17-29(3,4)12-6-2/h6,10-12,16,22-23,27H,5,7-9,13-15,17-20,30H2,1-4H3,(H,34,35)/t22-,23+,27-/m1/s1. The van der Waals surface area contributed by atoms with Gasteiger partial charge >= 0.3 is 5.97 Å². The maximum atomic E-state index is 13.6. The number of hydrogen-bond donors (Lipinski definition) is 2. The summed E-state index contributed by atoms with van der Waals surface area (Å²) in [6.07, 6.45) is 8.50. The fourth-order valence-electron chi connectivity index (χ4n) is 5.72. The number of likely N-dealkylation sites (tertiary alicyclic amines) is 1. The third kappa shape index (κ3) is 7.48. The molecule has 0 spiro atoms. The summed E-state index contributed by atoms with van der Waals surface area (Å²) in [7, 11) is 0. The Morgan fingerprint density at radius 3 is 2.59 bits per heavy atom. The Balaban J connectivity index is 1.90. The highest BCUT2D eigenvalue weighted by atomic mass is 16.7. The van der Waals surface area contributed by atoms with Crippen LogP contribution in [0.25, 0.3) is 0 Å². The highest BCUT2D eigenvalue weighted by Crippen LogP contribution is 2.45. The number of benzene rings is 1. The van der Waals surface area contributed by atoms with Crippen LogP contribution >= 0.6 is 0 Å². The molecule has 0 aromatic heterocycles. The first-order chi connectivity index (χ1) is 17.7. The van der Waals surface area contributed by atoms with Crippen molar-refractivity contribution < 1.29 is 24.2 Å². The molecule has 2 heterocycles. The van der Waals surface area contributed by atoms with Gasteiger partial charge in [-0.05, 0) is 62.3 Å². The van der Waals surface area contributed by atoms with Gasteiger partial charge in [-0.25, -0.2) is 0 Å². The lowest BCUT2D eigenvalue weighted by Gasteiger charge is -2.34. The lowest BCUT2D eigenvalue weighted by atomic mass is 9.77. The number of hydrogen-bond acceptors (Lipinski definition) is 6. The third-order valence-corrected chi connectivity index (χ3v) is 7.57. The molecule has 1 saturated heterocycles. The van der Waals surface area contributed by atoms with Gasteiger partial charge in [0.05, 0.1) is 12.5 Å². The largest absolute Gasteiger partial charge is 0.481 e. The molecule has 37 heavy (non-hydrogen) atoms. The van der Waals surface area contributed by atoms with Crippen molar-refractivity contribution in [3.8, 4) is 11.5 Å². The predicted molar refractivity (Wildman–Crippen MR) is 145 cm³/mol. The topological polar surface area (TPSA) is 105 Å². The van der Waals surface area contributed by atoms with Crippen molar-refractivity contribution in [3.63, 3.8) is 0 Å². The number of carbonyl (C=O) groups excluding carboxylic acids is 1. The second-order valence-electron chi connectivity index (χ2n) is 11.0. The number of carboxylic acids is 1. The second kappa shape index (κ2) is 13.3. The minimum absolute atomic E-state index is 0.0646. The van der Waals surface area contributed by atoms with Gasteiger partial charge in [0.2, 0.25) is 12.7 Å². The van der Waals surface area contributed by atoms with E-state index in [1.54, 1.807) is 0 Å². The number of carbonyl (C=O) groups is 2. The Labute approximate surface area is 221 Å². The predicted octanol–water partition coefficient (Wildman–Crippen LogP) is 4.24. The second-order valence-corrected chi connectivity index (χ2v) is 11.0. The van der Waals surface area contributed by atoms with Crippen LogP contribution in [-0.2, 0) is 9.59 Å². The average Bonchev–Trinajstić information content (AvgIpc) is 3.45. The van der Waals surface area contributed by atoms with Crippen LogP contribution in [0.4, 0.5) is 0 Å². The molecule has 0 radical (unpaired) electrons. The molecule has 0 saturated carbocycles. The van der Waals surface area contributed by atoms with E-state index in [0.717, 1.165) is 37.8 Å². The molecule has 3 N–H and O–H groups in total. The van der Waals surface area contributed by atoms with Gasteiger partial charge in [-0.3, -0.25) is 14.5 Å². The Morgan fingerprint density at radius 1 is 1.19 bits per heavy atom. The average molecular weight is 516 g/mol. The molecule has 1 amide bonds. The van der Waals surface area contributed by atoms with Gasteiger partial charge in [0, 0.05) is 31.6 Å². The summed E-state index contributed by atoms with van der Waals surface area (Å²) in [5.74, 6) is -0.339. The van der Waals surface area contributed by atoms with Crippen molar-refractivity contribution in [2.24, 2.45) is 17.1 Å². The molecule has 0 aliphatic carbocycles. The fraction of sp³-hybridized carbons (Fsp3) is 0.655. The first kappa shape index (κ1) is 29.0. The number of carboxylic acid groups (broad SMARTS) is 1. The monoisotopic (exact) mass is 515 g/mol. The fourth-order valence-corrected chi connectivity index (χ4v) is 5.72. The van der Waals surface area contributed by atoms with Gasteiger partial charge in [0.25, 0.3) is 0 Å². The molecule has 1 fully saturated rings. The van der Waals surface area contributed by atoms with Crippen LogP contribution in [0.5, 0.6) is 11.5 Å². The summed E-state index contributed by atoms with van der Waals surface area (Å²) >= 11 is 0. The van der Waals surface area contributed by atoms with E-state index in [9.17, 15) is 14.7 Å². The molecule has 3 atom stereocenters. The molecular formula is C29H45N3O5. The zero-order valence-electron chi connectivity index (χ0n) is 22.9. The summed E-state index contributed by atoms with van der Waals surface area (Å²) in [5.41, 5.74) is 6.38. The molecule has 8 heteroatoms. The maximum Gasteiger partial charge on any atom is 0.308 e. The Morgan fingerprint density at radius 2 is 1.92 bits per heavy atom. The summed E-state index contributed by atoms with van der Waals surface area (Å²) in [6, 6.07) is 5.42. The van der Waals surface area contributed by atoms with Crippen LogP contribution in [0.3, 0.4) is 0 Å². The van der Waals surface area contributed by atoms with Crippen LogP contribution in [-0.4, -0.2) is 72.3 Å². The lowest BCUT2D eigenvalue weighted by Crippen LogP contribution is -2.46. The molecule has 8 nitrogen and oxygen atoms in total. The van der Waals surface area contributed by atoms with Crippen molar-refractivity contribution in [1.82, 2.24) is 9.80 Å². The number of rotatable bonds is 14. The van der Waals surface area contributed by atoms with Crippen LogP contribution in [0.15, 0.2) is 30.4 Å². The number of allylic oxidation sites excluding steroid dienone is 2. The number of ether oxygens (including phenoxy) is 2. The van der Waals surface area contributed by atoms with Gasteiger partial charge in [0.15, 0.2) is 11.5 Å². The van der Waals surface area contributed by atoms with E-state index in [4.69, 9.17) is 15.2 Å². The van der Waals surface area contributed by atoms with Crippen molar-refractivity contribution in [3.05, 3.63) is 35.9 Å². The maximum absolute atomic E-state index is 13.6. The number of amides is 1. The third-order valence-electron chi connectivity index (χ3n) is 7.57. The highest BCUT2D eigenvalue weighted by Gasteiger charge is 2.48. The van der Waals surface area contributed by atoms with Crippen molar-refractivity contribution >= 4 is 11.9 Å². The number of nitrogens with zero attached hydrogens (tertiary/aromatic N) is 2. The molecular weight excluding hydrogens is 470 g/mol. The molecule has 206 valence electrons. The molecule has 2 aliphatic heterocycles. The van der Waals surface area contributed by atoms with Gasteiger partial charge in [0.1, 0.15) is 0 Å². The minimum atomic E-state index is -0.829. The summed E-state index contributed by atoms with van der Waals surface area (Å²) in [5, 5.41) is 10.4. The SMILES string of the molecule is CC=CC(C)(C)C[C@H]1[C@H](C(=O)O)[C@@H](c2ccc3c(c2)OCO3)CN1CC(=O)N(CCCC)CCCCN. The van der Waals surface area contributed by atoms with E-state index in [2.05, 4.69) is 31.7 Å². The van der Waals surface area contributed by atoms with Gasteiger partial charge in [-0.2, -0.15) is 0 Å². The van der Waals surface area contributed by atoms with E-state index in [0.29, 0.717) is 37.6 Å². The summed E-state index contributed by atoms with van der Waals surface area (Å²) in [4.78, 5) is 30.4. The van der Waals surface area contributed by atoms with Gasteiger partial charge < -0.3 is 25.2 Å². The van der Waals surface area contributed by atoms with Crippen LogP contribution < -0.4 is 15.2 Å². The molecule has 0 bridgehead atoms. The number of nitrogens with two attached hydrogens (primary N) is 1. The number of aliphatic carboxylic acids is 1. The normalized spacial score (nSPS) is 21.6. The smallest absolute Gasteiger partial charge is 0.308 e. The number of fused-ring (bicyclic) bond motifs is 1. The number of unbranched alkanes of at least 4 members (excludes halogenated alkanes) is 2. The minimum Gasteiger partial charge on any atom is -0.481 e. The van der Waals surface area contributed by atoms with E-state index in [1.807, 2.05) is 36.1 Å². The van der Waals surface area contributed by atoms with Gasteiger partial charge in [-0.15, -0.1) is 0 Å². The van der Waals surface area contributed by atoms with Crippen LogP contribution in [0, 0.1) is 11.3 Å². The first-order valence-electron chi connectivity index (χ1n) is 13.7. The van der Waals surface area contributed by atoms with Crippen molar-refractivity contribution in [2.75, 3.05) is 39.5 Å². The van der Waals surface area contributed by atoms with Crippen molar-refractivity contribution in [1.29, 1.82) is 0 Å². The van der Waals surface area contributed by atoms with E-state index in [1.165, 1.54) is 0 Å². The van der Waals surface area contributed by atoms with Crippen LogP contribution in [0.1, 0.15) is 71.3 Å². The molecule has 1 aromatic rings. The summed E-state index contributed by atoms with van der Waals surface area (Å²) in [6.45, 7) is 11.3. The molecule has 2 aliphatic rings. The first-order valence-corrected chi connectivity index (χ1v) is 13.7. The summed E-state index contributed by atoms with van der Waals surface area (Å²) < 4.78 is 11.0. The van der Waals surface area contributed by atoms with E-state index in [-0.39, 0.29) is 36.6 Å². The Hall–Kier alpha value is -2.58. The molecule has 0 unspecified atom stereocenters. The Kier molecular flexibility index (Phi) is 10.4.